The molecule has 1 N–H and O–H groups in total. The number of rotatable bonds is 4. The fourth-order valence-corrected chi connectivity index (χ4v) is 1.31. The number of ether oxygens (including phenoxy) is 1. The monoisotopic (exact) mass is 194 g/mol. The number of hydrogen-bond acceptors (Lipinski definition) is 2. The zero-order chi connectivity index (χ0) is 10.6. The molecule has 2 atom stereocenters. The summed E-state index contributed by atoms with van der Waals surface area (Å²) in [5.41, 5.74) is 1.31. The van der Waals surface area contributed by atoms with Gasteiger partial charge in [0, 0.05) is 0 Å². The molecule has 0 heterocycles. The molecule has 14 heavy (non-hydrogen) atoms. The Balaban J connectivity index is 2.68. The van der Waals surface area contributed by atoms with Crippen LogP contribution in [0, 0.1) is 0 Å². The molecule has 2 heteroatoms. The van der Waals surface area contributed by atoms with E-state index < -0.39 is 6.29 Å². The van der Waals surface area contributed by atoms with Crippen LogP contribution < -0.4 is 4.74 Å². The van der Waals surface area contributed by atoms with E-state index in [0.717, 1.165) is 6.42 Å². The Labute approximate surface area is 85.5 Å². The summed E-state index contributed by atoms with van der Waals surface area (Å²) in [5, 5.41) is 9.01. The fraction of sp³-hybridized carbons (Fsp3) is 0.500. The highest BCUT2D eigenvalue weighted by Gasteiger charge is 2.03. The zero-order valence-corrected chi connectivity index (χ0v) is 9.03. The minimum atomic E-state index is -0.746. The Morgan fingerprint density at radius 2 is 1.79 bits per heavy atom. The standard InChI is InChI=1S/C12H18O2/c1-4-9(2)11-5-7-12(8-6-11)14-10(3)13/h5-10,13H,4H2,1-3H3. The van der Waals surface area contributed by atoms with Gasteiger partial charge in [0.2, 0.25) is 0 Å². The first-order valence-corrected chi connectivity index (χ1v) is 5.08. The Kier molecular flexibility index (Phi) is 3.96. The average Bonchev–Trinajstić information content (AvgIpc) is 2.17. The highest BCUT2D eigenvalue weighted by atomic mass is 16.6. The van der Waals surface area contributed by atoms with Crippen LogP contribution in [0.5, 0.6) is 5.75 Å². The normalized spacial score (nSPS) is 14.9. The van der Waals surface area contributed by atoms with E-state index in [2.05, 4.69) is 13.8 Å². The van der Waals surface area contributed by atoms with Gasteiger partial charge in [-0.3, -0.25) is 0 Å². The second-order valence-electron chi connectivity index (χ2n) is 3.60. The quantitative estimate of drug-likeness (QED) is 0.747. The summed E-state index contributed by atoms with van der Waals surface area (Å²) in [6.07, 6.45) is 0.390. The van der Waals surface area contributed by atoms with Crippen LogP contribution in [0.4, 0.5) is 0 Å². The van der Waals surface area contributed by atoms with Gasteiger partial charge in [-0.1, -0.05) is 26.0 Å². The molecule has 1 aromatic carbocycles. The number of hydrogen-bond donors (Lipinski definition) is 1. The fourth-order valence-electron chi connectivity index (χ4n) is 1.31. The largest absolute Gasteiger partial charge is 0.465 e. The van der Waals surface area contributed by atoms with Gasteiger partial charge in [0.25, 0.3) is 0 Å². The molecule has 2 nitrogen and oxygen atoms in total. The van der Waals surface area contributed by atoms with E-state index in [1.165, 1.54) is 5.56 Å². The van der Waals surface area contributed by atoms with Crippen LogP contribution in [-0.4, -0.2) is 11.4 Å². The third-order valence-corrected chi connectivity index (χ3v) is 2.37. The maximum absolute atomic E-state index is 9.01. The van der Waals surface area contributed by atoms with Crippen molar-refractivity contribution in [3.63, 3.8) is 0 Å². The molecule has 0 amide bonds. The van der Waals surface area contributed by atoms with Crippen LogP contribution in [-0.2, 0) is 0 Å². The van der Waals surface area contributed by atoms with Gasteiger partial charge in [-0.15, -0.1) is 0 Å². The second-order valence-corrected chi connectivity index (χ2v) is 3.60. The molecule has 0 aliphatic carbocycles. The van der Waals surface area contributed by atoms with Gasteiger partial charge < -0.3 is 9.84 Å². The Hall–Kier alpha value is -1.02. The van der Waals surface area contributed by atoms with Crippen molar-refractivity contribution in [3.05, 3.63) is 29.8 Å². The molecular weight excluding hydrogens is 176 g/mol. The molecule has 0 aliphatic rings. The topological polar surface area (TPSA) is 29.5 Å². The maximum Gasteiger partial charge on any atom is 0.194 e. The van der Waals surface area contributed by atoms with E-state index in [-0.39, 0.29) is 0 Å². The molecule has 0 fully saturated rings. The van der Waals surface area contributed by atoms with Crippen molar-refractivity contribution in [3.8, 4) is 5.75 Å². The SMILES string of the molecule is CCC(C)c1ccc(OC(C)O)cc1. The van der Waals surface area contributed by atoms with Crippen molar-refractivity contribution in [2.45, 2.75) is 39.4 Å². The predicted octanol–water partition coefficient (Wildman–Crippen LogP) is 2.92. The second kappa shape index (κ2) is 5.01. The molecule has 0 saturated heterocycles. The zero-order valence-electron chi connectivity index (χ0n) is 9.03. The van der Waals surface area contributed by atoms with Gasteiger partial charge in [-0.25, -0.2) is 0 Å². The van der Waals surface area contributed by atoms with E-state index in [4.69, 9.17) is 9.84 Å². The van der Waals surface area contributed by atoms with Crippen molar-refractivity contribution in [2.24, 2.45) is 0 Å². The van der Waals surface area contributed by atoms with Gasteiger partial charge >= 0.3 is 0 Å². The lowest BCUT2D eigenvalue weighted by molar-refractivity contribution is -0.000304. The molecule has 0 saturated carbocycles. The summed E-state index contributed by atoms with van der Waals surface area (Å²) >= 11 is 0. The van der Waals surface area contributed by atoms with Crippen LogP contribution in [0.25, 0.3) is 0 Å². The molecule has 1 aromatic rings. The van der Waals surface area contributed by atoms with Gasteiger partial charge in [0.15, 0.2) is 6.29 Å². The van der Waals surface area contributed by atoms with Crippen LogP contribution >= 0.6 is 0 Å². The number of benzene rings is 1. The summed E-state index contributed by atoms with van der Waals surface area (Å²) in [4.78, 5) is 0. The Morgan fingerprint density at radius 3 is 2.21 bits per heavy atom. The van der Waals surface area contributed by atoms with Crippen molar-refractivity contribution in [1.82, 2.24) is 0 Å². The summed E-state index contributed by atoms with van der Waals surface area (Å²) in [7, 11) is 0. The molecule has 0 aliphatic heterocycles. The van der Waals surface area contributed by atoms with E-state index >= 15 is 0 Å². The maximum atomic E-state index is 9.01. The molecule has 78 valence electrons. The third kappa shape index (κ3) is 3.04. The summed E-state index contributed by atoms with van der Waals surface area (Å²) in [6, 6.07) is 7.89. The minimum Gasteiger partial charge on any atom is -0.465 e. The Bertz CT molecular complexity index is 264. The van der Waals surface area contributed by atoms with E-state index in [1.807, 2.05) is 24.3 Å². The van der Waals surface area contributed by atoms with Gasteiger partial charge in [0.1, 0.15) is 5.75 Å². The lowest BCUT2D eigenvalue weighted by atomic mass is 9.99. The molecule has 0 spiro atoms. The molecule has 2 unspecified atom stereocenters. The smallest absolute Gasteiger partial charge is 0.194 e. The van der Waals surface area contributed by atoms with E-state index in [9.17, 15) is 0 Å². The highest BCUT2D eigenvalue weighted by Crippen LogP contribution is 2.21. The number of aliphatic hydroxyl groups excluding tert-OH is 1. The molecule has 0 radical (unpaired) electrons. The summed E-state index contributed by atoms with van der Waals surface area (Å²) < 4.78 is 5.14. The first kappa shape index (κ1) is 11.1. The van der Waals surface area contributed by atoms with Gasteiger partial charge in [-0.2, -0.15) is 0 Å². The Morgan fingerprint density at radius 1 is 1.21 bits per heavy atom. The molecular formula is C12H18O2. The summed E-state index contributed by atoms with van der Waals surface area (Å²) in [6.45, 7) is 5.97. The van der Waals surface area contributed by atoms with Crippen LogP contribution in [0.1, 0.15) is 38.7 Å². The minimum absolute atomic E-state index is 0.579. The molecule has 0 bridgehead atoms. The van der Waals surface area contributed by atoms with Crippen LogP contribution in [0.3, 0.4) is 0 Å². The summed E-state index contributed by atoms with van der Waals surface area (Å²) in [5.74, 6) is 1.29. The van der Waals surface area contributed by atoms with Crippen molar-refractivity contribution < 1.29 is 9.84 Å². The first-order valence-electron chi connectivity index (χ1n) is 5.08. The van der Waals surface area contributed by atoms with Gasteiger partial charge in [0.05, 0.1) is 0 Å². The van der Waals surface area contributed by atoms with Gasteiger partial charge in [-0.05, 0) is 37.0 Å². The van der Waals surface area contributed by atoms with E-state index in [1.54, 1.807) is 6.92 Å². The van der Waals surface area contributed by atoms with Crippen molar-refractivity contribution in [1.29, 1.82) is 0 Å². The van der Waals surface area contributed by atoms with Crippen molar-refractivity contribution >= 4 is 0 Å². The predicted molar refractivity (Wildman–Crippen MR) is 57.5 cm³/mol. The number of aliphatic hydroxyl groups is 1. The molecule has 0 aromatic heterocycles. The third-order valence-electron chi connectivity index (χ3n) is 2.37. The van der Waals surface area contributed by atoms with Crippen LogP contribution in [0.2, 0.25) is 0 Å². The van der Waals surface area contributed by atoms with E-state index in [0.29, 0.717) is 11.7 Å². The lowest BCUT2D eigenvalue weighted by Gasteiger charge is -2.11. The first-order chi connectivity index (χ1) is 6.63. The highest BCUT2D eigenvalue weighted by molar-refractivity contribution is 5.29. The molecule has 1 rings (SSSR count). The lowest BCUT2D eigenvalue weighted by Crippen LogP contribution is -2.09. The average molecular weight is 194 g/mol. The van der Waals surface area contributed by atoms with Crippen molar-refractivity contribution in [2.75, 3.05) is 0 Å². The van der Waals surface area contributed by atoms with Crippen LogP contribution in [0.15, 0.2) is 24.3 Å².